The quantitative estimate of drug-likeness (QED) is 0.619. The molecule has 2 aliphatic rings. The number of rotatable bonds is 0. The number of ether oxygens (including phenoxy) is 1. The van der Waals surface area contributed by atoms with Crippen LogP contribution < -0.4 is 5.32 Å². The van der Waals surface area contributed by atoms with Crippen molar-refractivity contribution in [3.63, 3.8) is 0 Å². The predicted molar refractivity (Wildman–Crippen MR) is 53.8 cm³/mol. The van der Waals surface area contributed by atoms with E-state index in [4.69, 9.17) is 4.74 Å². The van der Waals surface area contributed by atoms with Gasteiger partial charge in [0, 0.05) is 6.61 Å². The van der Waals surface area contributed by atoms with Crippen molar-refractivity contribution >= 4 is 0 Å². The first-order valence-electron chi connectivity index (χ1n) is 5.47. The van der Waals surface area contributed by atoms with Gasteiger partial charge in [0.05, 0.1) is 5.60 Å². The van der Waals surface area contributed by atoms with Gasteiger partial charge >= 0.3 is 0 Å². The summed E-state index contributed by atoms with van der Waals surface area (Å²) in [5.74, 6) is 0. The summed E-state index contributed by atoms with van der Waals surface area (Å²) in [6, 6.07) is 0. The van der Waals surface area contributed by atoms with Gasteiger partial charge in [-0.2, -0.15) is 0 Å². The first-order valence-corrected chi connectivity index (χ1v) is 5.47. The van der Waals surface area contributed by atoms with Crippen LogP contribution in [0.1, 0.15) is 39.5 Å². The van der Waals surface area contributed by atoms with Crippen molar-refractivity contribution in [2.45, 2.75) is 45.1 Å². The van der Waals surface area contributed by atoms with E-state index in [1.54, 1.807) is 0 Å². The minimum absolute atomic E-state index is 0.121. The third-order valence-corrected chi connectivity index (χ3v) is 3.59. The number of hydrogen-bond donors (Lipinski definition) is 1. The molecule has 1 N–H and O–H groups in total. The highest BCUT2D eigenvalue weighted by molar-refractivity contribution is 4.92. The number of piperidine rings is 1. The molecule has 0 atom stereocenters. The SMILES string of the molecule is CC1(C)CC2(CCNCC2)CCO1. The molecule has 0 amide bonds. The fraction of sp³-hybridized carbons (Fsp3) is 1.00. The second-order valence-corrected chi connectivity index (χ2v) is 5.28. The lowest BCUT2D eigenvalue weighted by atomic mass is 9.68. The first-order chi connectivity index (χ1) is 6.12. The Morgan fingerprint density at radius 1 is 1.08 bits per heavy atom. The van der Waals surface area contributed by atoms with Crippen LogP contribution >= 0.6 is 0 Å². The molecule has 2 nitrogen and oxygen atoms in total. The number of nitrogens with one attached hydrogen (secondary N) is 1. The van der Waals surface area contributed by atoms with Gasteiger partial charge in [-0.3, -0.25) is 0 Å². The van der Waals surface area contributed by atoms with E-state index in [2.05, 4.69) is 19.2 Å². The van der Waals surface area contributed by atoms with Crippen LogP contribution in [0, 0.1) is 5.41 Å². The van der Waals surface area contributed by atoms with Crippen LogP contribution in [0.4, 0.5) is 0 Å². The summed E-state index contributed by atoms with van der Waals surface area (Å²) in [6.45, 7) is 7.84. The molecule has 76 valence electrons. The summed E-state index contributed by atoms with van der Waals surface area (Å²) < 4.78 is 5.77. The molecular formula is C11H21NO. The Morgan fingerprint density at radius 2 is 1.77 bits per heavy atom. The molecule has 0 aromatic heterocycles. The molecule has 0 aromatic rings. The maximum Gasteiger partial charge on any atom is 0.0631 e. The van der Waals surface area contributed by atoms with Gasteiger partial charge < -0.3 is 10.1 Å². The monoisotopic (exact) mass is 183 g/mol. The van der Waals surface area contributed by atoms with Gasteiger partial charge in [-0.05, 0) is 58.0 Å². The minimum atomic E-state index is 0.121. The summed E-state index contributed by atoms with van der Waals surface area (Å²) in [6.07, 6.45) is 5.22. The van der Waals surface area contributed by atoms with Gasteiger partial charge in [-0.1, -0.05) is 0 Å². The molecule has 2 aliphatic heterocycles. The highest BCUT2D eigenvalue weighted by Gasteiger charge is 2.41. The van der Waals surface area contributed by atoms with Gasteiger partial charge in [0.1, 0.15) is 0 Å². The van der Waals surface area contributed by atoms with Crippen molar-refractivity contribution < 1.29 is 4.74 Å². The maximum atomic E-state index is 5.77. The zero-order chi connectivity index (χ0) is 9.36. The van der Waals surface area contributed by atoms with E-state index >= 15 is 0 Å². The third-order valence-electron chi connectivity index (χ3n) is 3.59. The lowest BCUT2D eigenvalue weighted by Crippen LogP contribution is -2.46. The summed E-state index contributed by atoms with van der Waals surface area (Å²) in [7, 11) is 0. The van der Waals surface area contributed by atoms with Crippen molar-refractivity contribution in [1.29, 1.82) is 0 Å². The molecule has 2 fully saturated rings. The van der Waals surface area contributed by atoms with Crippen LogP contribution in [0.25, 0.3) is 0 Å². The molecule has 0 aromatic carbocycles. The van der Waals surface area contributed by atoms with Crippen LogP contribution in [-0.4, -0.2) is 25.3 Å². The van der Waals surface area contributed by atoms with E-state index in [1.165, 1.54) is 38.8 Å². The molecule has 13 heavy (non-hydrogen) atoms. The van der Waals surface area contributed by atoms with Gasteiger partial charge in [0.15, 0.2) is 0 Å². The Balaban J connectivity index is 2.04. The third kappa shape index (κ3) is 2.05. The second-order valence-electron chi connectivity index (χ2n) is 5.28. The summed E-state index contributed by atoms with van der Waals surface area (Å²) in [5.41, 5.74) is 0.725. The standard InChI is InChI=1S/C11H21NO/c1-10(2)9-11(5-8-13-10)3-6-12-7-4-11/h12H,3-9H2,1-2H3. The van der Waals surface area contributed by atoms with Crippen LogP contribution in [0.15, 0.2) is 0 Å². The van der Waals surface area contributed by atoms with Crippen LogP contribution in [0.5, 0.6) is 0 Å². The van der Waals surface area contributed by atoms with Crippen molar-refractivity contribution in [1.82, 2.24) is 5.32 Å². The van der Waals surface area contributed by atoms with Gasteiger partial charge in [0.2, 0.25) is 0 Å². The van der Waals surface area contributed by atoms with Crippen LogP contribution in [0.2, 0.25) is 0 Å². The molecule has 1 spiro atoms. The summed E-state index contributed by atoms with van der Waals surface area (Å²) in [5, 5.41) is 3.44. The van der Waals surface area contributed by atoms with Crippen molar-refractivity contribution in [2.24, 2.45) is 5.41 Å². The number of hydrogen-bond acceptors (Lipinski definition) is 2. The summed E-state index contributed by atoms with van der Waals surface area (Å²) in [4.78, 5) is 0. The van der Waals surface area contributed by atoms with E-state index in [1.807, 2.05) is 0 Å². The Morgan fingerprint density at radius 3 is 2.38 bits per heavy atom. The topological polar surface area (TPSA) is 21.3 Å². The Bertz CT molecular complexity index is 177. The molecule has 2 rings (SSSR count). The Hall–Kier alpha value is -0.0800. The van der Waals surface area contributed by atoms with Crippen molar-refractivity contribution in [3.8, 4) is 0 Å². The molecule has 0 radical (unpaired) electrons. The van der Waals surface area contributed by atoms with E-state index in [-0.39, 0.29) is 5.60 Å². The van der Waals surface area contributed by atoms with Gasteiger partial charge in [-0.25, -0.2) is 0 Å². The summed E-state index contributed by atoms with van der Waals surface area (Å²) >= 11 is 0. The lowest BCUT2D eigenvalue weighted by Gasteiger charge is -2.47. The normalized spacial score (nSPS) is 31.8. The fourth-order valence-electron chi connectivity index (χ4n) is 2.97. The largest absolute Gasteiger partial charge is 0.376 e. The van der Waals surface area contributed by atoms with E-state index in [0.717, 1.165) is 6.61 Å². The Kier molecular flexibility index (Phi) is 2.37. The second kappa shape index (κ2) is 3.25. The lowest BCUT2D eigenvalue weighted by molar-refractivity contribution is -0.112. The average molecular weight is 183 g/mol. The molecule has 0 unspecified atom stereocenters. The highest BCUT2D eigenvalue weighted by atomic mass is 16.5. The predicted octanol–water partition coefficient (Wildman–Crippen LogP) is 1.95. The van der Waals surface area contributed by atoms with E-state index in [9.17, 15) is 0 Å². The van der Waals surface area contributed by atoms with Gasteiger partial charge in [-0.15, -0.1) is 0 Å². The van der Waals surface area contributed by atoms with Gasteiger partial charge in [0.25, 0.3) is 0 Å². The zero-order valence-electron chi connectivity index (χ0n) is 8.86. The van der Waals surface area contributed by atoms with Crippen molar-refractivity contribution in [2.75, 3.05) is 19.7 Å². The molecule has 0 aliphatic carbocycles. The van der Waals surface area contributed by atoms with Crippen LogP contribution in [-0.2, 0) is 4.74 Å². The molecule has 0 bridgehead atoms. The van der Waals surface area contributed by atoms with Crippen molar-refractivity contribution in [3.05, 3.63) is 0 Å². The maximum absolute atomic E-state index is 5.77. The minimum Gasteiger partial charge on any atom is -0.376 e. The average Bonchev–Trinajstić information content (AvgIpc) is 2.03. The molecule has 0 saturated carbocycles. The van der Waals surface area contributed by atoms with E-state index in [0.29, 0.717) is 5.41 Å². The Labute approximate surface area is 81.0 Å². The first kappa shape index (κ1) is 9.47. The molecular weight excluding hydrogens is 162 g/mol. The molecule has 2 saturated heterocycles. The smallest absolute Gasteiger partial charge is 0.0631 e. The van der Waals surface area contributed by atoms with Crippen LogP contribution in [0.3, 0.4) is 0 Å². The fourth-order valence-corrected chi connectivity index (χ4v) is 2.97. The molecule has 2 heteroatoms. The zero-order valence-corrected chi connectivity index (χ0v) is 8.86. The highest BCUT2D eigenvalue weighted by Crippen LogP contribution is 2.44. The molecule has 2 heterocycles. The van der Waals surface area contributed by atoms with E-state index < -0.39 is 0 Å².